The van der Waals surface area contributed by atoms with Crippen molar-refractivity contribution < 1.29 is 14.3 Å². The standard InChI is InChI=1S/C18H20N4O3/c19-16(23)11-25-15-10-14(17(20)21)7-6-12(15)8-9-22-18(24)13-4-2-1-3-5-13/h1-7,10H,8-9,11H2,(H2,19,23)(H3,20,21)(H,22,24). The number of nitrogens with one attached hydrogen (secondary N) is 2. The second-order valence-corrected chi connectivity index (χ2v) is 5.36. The van der Waals surface area contributed by atoms with Crippen molar-refractivity contribution in [3.63, 3.8) is 0 Å². The van der Waals surface area contributed by atoms with E-state index in [4.69, 9.17) is 21.6 Å². The van der Waals surface area contributed by atoms with Crippen molar-refractivity contribution in [1.29, 1.82) is 5.41 Å². The van der Waals surface area contributed by atoms with Crippen LogP contribution in [0.5, 0.6) is 5.75 Å². The maximum atomic E-state index is 12.0. The van der Waals surface area contributed by atoms with E-state index in [1.165, 1.54) is 0 Å². The lowest BCUT2D eigenvalue weighted by atomic mass is 10.1. The van der Waals surface area contributed by atoms with Gasteiger partial charge in [-0.15, -0.1) is 0 Å². The Morgan fingerprint density at radius 3 is 2.40 bits per heavy atom. The van der Waals surface area contributed by atoms with Crippen LogP contribution in [0.25, 0.3) is 0 Å². The first kappa shape index (κ1) is 18.0. The van der Waals surface area contributed by atoms with Gasteiger partial charge in [-0.1, -0.05) is 30.3 Å². The summed E-state index contributed by atoms with van der Waals surface area (Å²) in [5.74, 6) is -0.453. The summed E-state index contributed by atoms with van der Waals surface area (Å²) in [6.07, 6.45) is 0.491. The maximum Gasteiger partial charge on any atom is 0.255 e. The van der Waals surface area contributed by atoms with Gasteiger partial charge in [0, 0.05) is 17.7 Å². The zero-order valence-corrected chi connectivity index (χ0v) is 13.6. The van der Waals surface area contributed by atoms with Crippen LogP contribution in [0.4, 0.5) is 0 Å². The highest BCUT2D eigenvalue weighted by Crippen LogP contribution is 2.21. The molecule has 0 unspecified atom stereocenters. The third-order valence-corrected chi connectivity index (χ3v) is 3.46. The molecule has 0 aliphatic rings. The van der Waals surface area contributed by atoms with Gasteiger partial charge in [0.2, 0.25) is 0 Å². The summed E-state index contributed by atoms with van der Waals surface area (Å²) in [5, 5.41) is 10.3. The zero-order valence-electron chi connectivity index (χ0n) is 13.6. The third kappa shape index (κ3) is 5.35. The molecular formula is C18H20N4O3. The first-order valence-corrected chi connectivity index (χ1v) is 7.69. The number of nitrogen functional groups attached to an aromatic ring is 1. The number of carbonyl (C=O) groups excluding carboxylic acids is 2. The van der Waals surface area contributed by atoms with E-state index in [0.29, 0.717) is 29.8 Å². The van der Waals surface area contributed by atoms with Crippen LogP contribution < -0.4 is 21.5 Å². The van der Waals surface area contributed by atoms with Crippen molar-refractivity contribution in [3.05, 3.63) is 65.2 Å². The summed E-state index contributed by atoms with van der Waals surface area (Å²) in [6.45, 7) is 0.116. The number of nitrogens with two attached hydrogens (primary N) is 2. The number of hydrogen-bond donors (Lipinski definition) is 4. The molecule has 0 aliphatic carbocycles. The Hall–Kier alpha value is -3.35. The van der Waals surface area contributed by atoms with E-state index < -0.39 is 5.91 Å². The smallest absolute Gasteiger partial charge is 0.255 e. The SMILES string of the molecule is N=C(N)c1ccc(CCNC(=O)c2ccccc2)c(OCC(N)=O)c1. The molecule has 2 aromatic rings. The first-order chi connectivity index (χ1) is 12.0. The van der Waals surface area contributed by atoms with Gasteiger partial charge in [-0.25, -0.2) is 0 Å². The summed E-state index contributed by atoms with van der Waals surface area (Å²) in [5.41, 5.74) is 12.4. The van der Waals surface area contributed by atoms with E-state index in [-0.39, 0.29) is 18.3 Å². The topological polar surface area (TPSA) is 131 Å². The molecule has 0 bridgehead atoms. The number of benzene rings is 2. The Morgan fingerprint density at radius 1 is 1.04 bits per heavy atom. The average molecular weight is 340 g/mol. The number of carbonyl (C=O) groups is 2. The highest BCUT2D eigenvalue weighted by Gasteiger charge is 2.10. The number of amides is 2. The Labute approximate surface area is 145 Å². The Bertz CT molecular complexity index is 775. The second kappa shape index (κ2) is 8.49. The predicted molar refractivity (Wildman–Crippen MR) is 94.6 cm³/mol. The molecule has 0 saturated heterocycles. The molecule has 130 valence electrons. The van der Waals surface area contributed by atoms with Crippen LogP contribution in [0, 0.1) is 5.41 Å². The summed E-state index contributed by atoms with van der Waals surface area (Å²) < 4.78 is 5.39. The fourth-order valence-electron chi connectivity index (χ4n) is 2.21. The quantitative estimate of drug-likeness (QED) is 0.418. The molecule has 7 heteroatoms. The van der Waals surface area contributed by atoms with Gasteiger partial charge in [0.1, 0.15) is 11.6 Å². The highest BCUT2D eigenvalue weighted by atomic mass is 16.5. The van der Waals surface area contributed by atoms with E-state index in [1.807, 2.05) is 6.07 Å². The molecule has 0 aliphatic heterocycles. The Morgan fingerprint density at radius 2 is 1.76 bits per heavy atom. The van der Waals surface area contributed by atoms with Gasteiger partial charge in [-0.05, 0) is 30.2 Å². The van der Waals surface area contributed by atoms with E-state index in [0.717, 1.165) is 5.56 Å². The lowest BCUT2D eigenvalue weighted by molar-refractivity contribution is -0.119. The fourth-order valence-corrected chi connectivity index (χ4v) is 2.21. The molecule has 2 rings (SSSR count). The molecule has 25 heavy (non-hydrogen) atoms. The summed E-state index contributed by atoms with van der Waals surface area (Å²) in [7, 11) is 0. The minimum Gasteiger partial charge on any atom is -0.483 e. The Kier molecular flexibility index (Phi) is 6.11. The highest BCUT2D eigenvalue weighted by molar-refractivity contribution is 5.95. The summed E-state index contributed by atoms with van der Waals surface area (Å²) in [4.78, 5) is 23.0. The fraction of sp³-hybridized carbons (Fsp3) is 0.167. The molecule has 0 fully saturated rings. The lowest BCUT2D eigenvalue weighted by Crippen LogP contribution is -2.26. The van der Waals surface area contributed by atoms with E-state index in [9.17, 15) is 9.59 Å². The molecule has 0 spiro atoms. The molecule has 0 saturated carbocycles. The van der Waals surface area contributed by atoms with Crippen molar-refractivity contribution >= 4 is 17.6 Å². The molecule has 2 amide bonds. The number of hydrogen-bond acceptors (Lipinski definition) is 4. The maximum absolute atomic E-state index is 12.0. The number of rotatable bonds is 8. The molecule has 7 nitrogen and oxygen atoms in total. The van der Waals surface area contributed by atoms with Crippen LogP contribution in [0.2, 0.25) is 0 Å². The minimum absolute atomic E-state index is 0.104. The first-order valence-electron chi connectivity index (χ1n) is 7.69. The van der Waals surface area contributed by atoms with Gasteiger partial charge in [-0.2, -0.15) is 0 Å². The zero-order chi connectivity index (χ0) is 18.2. The van der Waals surface area contributed by atoms with Gasteiger partial charge in [0.15, 0.2) is 6.61 Å². The van der Waals surface area contributed by atoms with Gasteiger partial charge >= 0.3 is 0 Å². The van der Waals surface area contributed by atoms with E-state index >= 15 is 0 Å². The van der Waals surface area contributed by atoms with Crippen LogP contribution in [-0.4, -0.2) is 30.8 Å². The lowest BCUT2D eigenvalue weighted by Gasteiger charge is -2.13. The van der Waals surface area contributed by atoms with Crippen molar-refractivity contribution in [2.24, 2.45) is 11.5 Å². The molecular weight excluding hydrogens is 320 g/mol. The van der Waals surface area contributed by atoms with Crippen LogP contribution in [0.15, 0.2) is 48.5 Å². The summed E-state index contributed by atoms with van der Waals surface area (Å²) in [6, 6.07) is 13.9. The second-order valence-electron chi connectivity index (χ2n) is 5.36. The average Bonchev–Trinajstić information content (AvgIpc) is 2.61. The van der Waals surface area contributed by atoms with E-state index in [1.54, 1.807) is 42.5 Å². The van der Waals surface area contributed by atoms with Crippen molar-refractivity contribution in [1.82, 2.24) is 5.32 Å². The minimum atomic E-state index is -0.600. The predicted octanol–water partition coefficient (Wildman–Crippen LogP) is 0.807. The van der Waals surface area contributed by atoms with Crippen LogP contribution in [0.3, 0.4) is 0 Å². The molecule has 0 atom stereocenters. The molecule has 2 aromatic carbocycles. The summed E-state index contributed by atoms with van der Waals surface area (Å²) >= 11 is 0. The van der Waals surface area contributed by atoms with Gasteiger partial charge in [0.05, 0.1) is 0 Å². The molecule has 6 N–H and O–H groups in total. The van der Waals surface area contributed by atoms with Crippen molar-refractivity contribution in [2.45, 2.75) is 6.42 Å². The van der Waals surface area contributed by atoms with E-state index in [2.05, 4.69) is 5.32 Å². The van der Waals surface area contributed by atoms with Crippen LogP contribution in [-0.2, 0) is 11.2 Å². The van der Waals surface area contributed by atoms with Crippen LogP contribution in [0.1, 0.15) is 21.5 Å². The normalized spacial score (nSPS) is 10.1. The van der Waals surface area contributed by atoms with Gasteiger partial charge in [-0.3, -0.25) is 15.0 Å². The molecule has 0 aromatic heterocycles. The number of ether oxygens (including phenoxy) is 1. The monoisotopic (exact) mass is 340 g/mol. The molecule has 0 radical (unpaired) electrons. The van der Waals surface area contributed by atoms with Crippen molar-refractivity contribution in [3.8, 4) is 5.75 Å². The molecule has 0 heterocycles. The third-order valence-electron chi connectivity index (χ3n) is 3.46. The Balaban J connectivity index is 2.03. The van der Waals surface area contributed by atoms with Gasteiger partial charge < -0.3 is 21.5 Å². The number of amidine groups is 1. The van der Waals surface area contributed by atoms with Gasteiger partial charge in [0.25, 0.3) is 11.8 Å². The number of primary amides is 1. The van der Waals surface area contributed by atoms with Crippen molar-refractivity contribution in [2.75, 3.05) is 13.2 Å². The largest absolute Gasteiger partial charge is 0.483 e. The van der Waals surface area contributed by atoms with Crippen LogP contribution >= 0.6 is 0 Å².